The molecule has 0 amide bonds. The normalized spacial score (nSPS) is 14.7. The lowest BCUT2D eigenvalue weighted by atomic mass is 10.1. The summed E-state index contributed by atoms with van der Waals surface area (Å²) in [5.74, 6) is 0.666. The maximum atomic E-state index is 12.3. The van der Waals surface area contributed by atoms with E-state index in [4.69, 9.17) is 25.8 Å². The van der Waals surface area contributed by atoms with E-state index >= 15 is 0 Å². The molecule has 0 unspecified atom stereocenters. The molecule has 5 nitrogen and oxygen atoms in total. The van der Waals surface area contributed by atoms with E-state index in [-0.39, 0.29) is 11.6 Å². The molecule has 0 fully saturated rings. The average Bonchev–Trinajstić information content (AvgIpc) is 3.01. The van der Waals surface area contributed by atoms with Crippen molar-refractivity contribution in [3.8, 4) is 11.5 Å². The van der Waals surface area contributed by atoms with Crippen LogP contribution in [0, 0.1) is 0 Å². The summed E-state index contributed by atoms with van der Waals surface area (Å²) in [6.07, 6.45) is 1.60. The smallest absolute Gasteiger partial charge is 0.363 e. The third-order valence-corrected chi connectivity index (χ3v) is 4.04. The van der Waals surface area contributed by atoms with E-state index in [1.807, 2.05) is 6.92 Å². The fourth-order valence-electron chi connectivity index (χ4n) is 2.46. The number of benzene rings is 2. The molecule has 3 rings (SSSR count). The Bertz CT molecular complexity index is 962. The van der Waals surface area contributed by atoms with Gasteiger partial charge in [-0.05, 0) is 36.8 Å². The zero-order valence-electron chi connectivity index (χ0n) is 15.0. The molecule has 0 bridgehead atoms. The molecule has 2 aromatic rings. The maximum Gasteiger partial charge on any atom is 0.363 e. The number of para-hydroxylation sites is 1. The van der Waals surface area contributed by atoms with Crippen LogP contribution in [-0.2, 0) is 9.53 Å². The van der Waals surface area contributed by atoms with E-state index in [9.17, 15) is 4.79 Å². The summed E-state index contributed by atoms with van der Waals surface area (Å²) in [5, 5.41) is 0.456. The Labute approximate surface area is 162 Å². The molecule has 6 heteroatoms. The van der Waals surface area contributed by atoms with Gasteiger partial charge in [-0.3, -0.25) is 0 Å². The van der Waals surface area contributed by atoms with Gasteiger partial charge in [0.05, 0.1) is 17.7 Å². The lowest BCUT2D eigenvalue weighted by Crippen LogP contribution is -2.06. The number of methoxy groups -OCH3 is 1. The van der Waals surface area contributed by atoms with Crippen LogP contribution in [0.1, 0.15) is 18.1 Å². The fourth-order valence-corrected chi connectivity index (χ4v) is 2.68. The lowest BCUT2D eigenvalue weighted by molar-refractivity contribution is -0.129. The highest BCUT2D eigenvalue weighted by Gasteiger charge is 2.26. The molecule has 1 aliphatic rings. The van der Waals surface area contributed by atoms with Crippen molar-refractivity contribution in [3.63, 3.8) is 0 Å². The van der Waals surface area contributed by atoms with Crippen LogP contribution in [0.25, 0.3) is 6.08 Å². The van der Waals surface area contributed by atoms with Crippen LogP contribution in [0.5, 0.6) is 11.5 Å². The number of carbonyl (C=O) groups is 1. The van der Waals surface area contributed by atoms with Gasteiger partial charge in [-0.25, -0.2) is 9.79 Å². The second-order valence-electron chi connectivity index (χ2n) is 5.94. The third kappa shape index (κ3) is 4.20. The van der Waals surface area contributed by atoms with E-state index < -0.39 is 5.97 Å². The van der Waals surface area contributed by atoms with Crippen molar-refractivity contribution in [2.45, 2.75) is 6.92 Å². The molecule has 0 radical (unpaired) electrons. The van der Waals surface area contributed by atoms with Crippen molar-refractivity contribution in [1.29, 1.82) is 0 Å². The first-order chi connectivity index (χ1) is 13.0. The molecule has 0 spiro atoms. The zero-order chi connectivity index (χ0) is 19.4. The van der Waals surface area contributed by atoms with Crippen molar-refractivity contribution in [2.24, 2.45) is 4.99 Å². The molecule has 0 N–H and O–H groups in total. The van der Waals surface area contributed by atoms with Gasteiger partial charge >= 0.3 is 5.97 Å². The standard InChI is InChI=1S/C21H18ClNO4/c1-13(2)12-26-19-14(7-6-10-18(19)25-3)11-17-21(24)27-20(23-17)15-8-4-5-9-16(15)22/h4-11H,1,12H2,2-3H3/b17-11-. The highest BCUT2D eigenvalue weighted by atomic mass is 35.5. The summed E-state index contributed by atoms with van der Waals surface area (Å²) in [6, 6.07) is 12.4. The average molecular weight is 384 g/mol. The van der Waals surface area contributed by atoms with Gasteiger partial charge < -0.3 is 14.2 Å². The van der Waals surface area contributed by atoms with Gasteiger partial charge in [-0.2, -0.15) is 0 Å². The molecule has 0 saturated heterocycles. The van der Waals surface area contributed by atoms with Gasteiger partial charge in [0, 0.05) is 5.56 Å². The van der Waals surface area contributed by atoms with Crippen LogP contribution in [0.15, 0.2) is 65.3 Å². The molecule has 0 atom stereocenters. The Balaban J connectivity index is 2.00. The molecule has 1 heterocycles. The Hall–Kier alpha value is -3.05. The monoisotopic (exact) mass is 383 g/mol. The largest absolute Gasteiger partial charge is 0.493 e. The van der Waals surface area contributed by atoms with Crippen molar-refractivity contribution in [1.82, 2.24) is 0 Å². The summed E-state index contributed by atoms with van der Waals surface area (Å²) in [4.78, 5) is 16.6. The van der Waals surface area contributed by atoms with Crippen LogP contribution in [-0.4, -0.2) is 25.6 Å². The number of hydrogen-bond donors (Lipinski definition) is 0. The fraction of sp³-hybridized carbons (Fsp3) is 0.143. The number of esters is 1. The Kier molecular flexibility index (Phi) is 5.62. The number of nitrogens with zero attached hydrogens (tertiary/aromatic N) is 1. The van der Waals surface area contributed by atoms with Gasteiger partial charge in [-0.1, -0.05) is 42.4 Å². The Morgan fingerprint density at radius 2 is 2.04 bits per heavy atom. The molecule has 138 valence electrons. The second kappa shape index (κ2) is 8.10. The quantitative estimate of drug-likeness (QED) is 0.414. The molecule has 2 aromatic carbocycles. The molecular weight excluding hydrogens is 366 g/mol. The number of aliphatic imine (C=N–C) groups is 1. The molecule has 1 aliphatic heterocycles. The van der Waals surface area contributed by atoms with Gasteiger partial charge in [0.2, 0.25) is 5.90 Å². The minimum Gasteiger partial charge on any atom is -0.493 e. The Morgan fingerprint density at radius 1 is 1.26 bits per heavy atom. The van der Waals surface area contributed by atoms with E-state index in [1.165, 1.54) is 0 Å². The third-order valence-electron chi connectivity index (χ3n) is 3.71. The van der Waals surface area contributed by atoms with E-state index in [0.717, 1.165) is 5.57 Å². The van der Waals surface area contributed by atoms with Gasteiger partial charge in [0.1, 0.15) is 6.61 Å². The second-order valence-corrected chi connectivity index (χ2v) is 6.35. The molecular formula is C21H18ClNO4. The van der Waals surface area contributed by atoms with Crippen LogP contribution < -0.4 is 9.47 Å². The number of carbonyl (C=O) groups excluding carboxylic acids is 1. The van der Waals surface area contributed by atoms with Crippen molar-refractivity contribution in [3.05, 3.63) is 76.5 Å². The highest BCUT2D eigenvalue weighted by molar-refractivity contribution is 6.34. The maximum absolute atomic E-state index is 12.3. The first kappa shape index (κ1) is 18.7. The predicted molar refractivity (Wildman–Crippen MR) is 105 cm³/mol. The first-order valence-electron chi connectivity index (χ1n) is 8.21. The van der Waals surface area contributed by atoms with E-state index in [1.54, 1.807) is 55.7 Å². The summed E-state index contributed by atoms with van der Waals surface area (Å²) in [7, 11) is 1.55. The van der Waals surface area contributed by atoms with E-state index in [0.29, 0.717) is 34.3 Å². The topological polar surface area (TPSA) is 57.1 Å². The molecule has 0 saturated carbocycles. The Morgan fingerprint density at radius 3 is 2.74 bits per heavy atom. The van der Waals surface area contributed by atoms with Crippen LogP contribution in [0.4, 0.5) is 0 Å². The molecule has 27 heavy (non-hydrogen) atoms. The summed E-state index contributed by atoms with van der Waals surface area (Å²) >= 11 is 6.16. The van der Waals surface area contributed by atoms with Crippen LogP contribution in [0.2, 0.25) is 5.02 Å². The number of halogens is 1. The summed E-state index contributed by atoms with van der Waals surface area (Å²) in [5.41, 5.74) is 2.21. The SMILES string of the molecule is C=C(C)COc1c(/C=C2\N=C(c3ccccc3Cl)OC2=O)cccc1OC. The number of hydrogen-bond acceptors (Lipinski definition) is 5. The first-order valence-corrected chi connectivity index (χ1v) is 8.59. The summed E-state index contributed by atoms with van der Waals surface area (Å²) < 4.78 is 16.4. The van der Waals surface area contributed by atoms with Gasteiger partial charge in [0.15, 0.2) is 17.2 Å². The molecule has 0 aliphatic carbocycles. The minimum atomic E-state index is -0.557. The predicted octanol–water partition coefficient (Wildman–Crippen LogP) is 4.65. The van der Waals surface area contributed by atoms with Crippen molar-refractivity contribution >= 4 is 29.5 Å². The number of ether oxygens (including phenoxy) is 3. The van der Waals surface area contributed by atoms with Crippen molar-refractivity contribution < 1.29 is 19.0 Å². The van der Waals surface area contributed by atoms with Crippen LogP contribution in [0.3, 0.4) is 0 Å². The van der Waals surface area contributed by atoms with Gasteiger partial charge in [0.25, 0.3) is 0 Å². The molecule has 0 aromatic heterocycles. The van der Waals surface area contributed by atoms with Gasteiger partial charge in [-0.15, -0.1) is 0 Å². The van der Waals surface area contributed by atoms with E-state index in [2.05, 4.69) is 11.6 Å². The lowest BCUT2D eigenvalue weighted by Gasteiger charge is -2.13. The zero-order valence-corrected chi connectivity index (χ0v) is 15.7. The number of cyclic esters (lactones) is 1. The summed E-state index contributed by atoms with van der Waals surface area (Å²) in [6.45, 7) is 6.02. The van der Waals surface area contributed by atoms with Crippen LogP contribution >= 0.6 is 11.6 Å². The van der Waals surface area contributed by atoms with Crippen molar-refractivity contribution in [2.75, 3.05) is 13.7 Å². The number of rotatable bonds is 6. The highest BCUT2D eigenvalue weighted by Crippen LogP contribution is 2.34. The minimum absolute atomic E-state index is 0.151.